The number of benzene rings is 2. The van der Waals surface area contributed by atoms with Gasteiger partial charge in [0.05, 0.1) is 6.54 Å². The number of anilines is 1. The van der Waals surface area contributed by atoms with Gasteiger partial charge in [-0.3, -0.25) is 9.59 Å². The molecule has 2 aromatic carbocycles. The molecule has 0 atom stereocenters. The minimum atomic E-state index is -1.82. The van der Waals surface area contributed by atoms with Gasteiger partial charge in [-0.05, 0) is 37.6 Å². The van der Waals surface area contributed by atoms with Crippen LogP contribution in [0.3, 0.4) is 0 Å². The summed E-state index contributed by atoms with van der Waals surface area (Å²) in [7, 11) is 0. The Kier molecular flexibility index (Phi) is 9.63. The largest absolute Gasteiger partial charge is 0.473 e. The molecule has 0 saturated carbocycles. The third-order valence-electron chi connectivity index (χ3n) is 3.45. The summed E-state index contributed by atoms with van der Waals surface area (Å²) in [5.41, 5.74) is 2.47. The van der Waals surface area contributed by atoms with Crippen LogP contribution >= 0.6 is 0 Å². The smallest absolute Gasteiger partial charge is 0.414 e. The fourth-order valence-electron chi connectivity index (χ4n) is 2.10. The molecule has 0 aliphatic rings. The molecule has 0 heterocycles. The van der Waals surface area contributed by atoms with Gasteiger partial charge >= 0.3 is 11.9 Å². The van der Waals surface area contributed by atoms with Crippen LogP contribution in [-0.2, 0) is 20.8 Å². The molecule has 0 fully saturated rings. The van der Waals surface area contributed by atoms with Crippen molar-refractivity contribution in [1.82, 2.24) is 5.32 Å². The topological polar surface area (TPSA) is 133 Å². The number of aliphatic carboxylic acids is 2. The molecule has 8 heteroatoms. The molecule has 28 heavy (non-hydrogen) atoms. The van der Waals surface area contributed by atoms with Crippen molar-refractivity contribution in [2.75, 3.05) is 18.4 Å². The maximum Gasteiger partial charge on any atom is 0.414 e. The van der Waals surface area contributed by atoms with E-state index in [0.29, 0.717) is 11.3 Å². The van der Waals surface area contributed by atoms with Crippen molar-refractivity contribution in [1.29, 1.82) is 0 Å². The van der Waals surface area contributed by atoms with E-state index in [4.69, 9.17) is 19.8 Å². The van der Waals surface area contributed by atoms with Gasteiger partial charge in [0.25, 0.3) is 0 Å². The van der Waals surface area contributed by atoms with E-state index in [1.165, 1.54) is 12.5 Å². The normalized spacial score (nSPS) is 9.61. The first kappa shape index (κ1) is 22.5. The van der Waals surface area contributed by atoms with Crippen LogP contribution in [-0.4, -0.2) is 46.9 Å². The number of hydrogen-bond acceptors (Lipinski definition) is 5. The lowest BCUT2D eigenvalue weighted by molar-refractivity contribution is -0.159. The van der Waals surface area contributed by atoms with Gasteiger partial charge in [-0.25, -0.2) is 9.59 Å². The molecule has 4 N–H and O–H groups in total. The average Bonchev–Trinajstić information content (AvgIpc) is 2.66. The first-order chi connectivity index (χ1) is 13.3. The fourth-order valence-corrected chi connectivity index (χ4v) is 2.10. The minimum absolute atomic E-state index is 0.0166. The van der Waals surface area contributed by atoms with E-state index in [2.05, 4.69) is 22.8 Å². The van der Waals surface area contributed by atoms with E-state index in [9.17, 15) is 9.59 Å². The van der Waals surface area contributed by atoms with Gasteiger partial charge in [0.2, 0.25) is 5.91 Å². The van der Waals surface area contributed by atoms with Crippen molar-refractivity contribution in [2.24, 2.45) is 0 Å². The minimum Gasteiger partial charge on any atom is -0.473 e. The second kappa shape index (κ2) is 12.0. The monoisotopic (exact) mass is 386 g/mol. The van der Waals surface area contributed by atoms with Crippen molar-refractivity contribution in [2.45, 2.75) is 13.3 Å². The van der Waals surface area contributed by atoms with Crippen LogP contribution in [0, 0.1) is 0 Å². The zero-order valence-corrected chi connectivity index (χ0v) is 15.3. The highest BCUT2D eigenvalue weighted by Crippen LogP contribution is 2.10. The lowest BCUT2D eigenvalue weighted by Crippen LogP contribution is -2.29. The van der Waals surface area contributed by atoms with E-state index < -0.39 is 11.9 Å². The summed E-state index contributed by atoms with van der Waals surface area (Å²) >= 11 is 0. The van der Waals surface area contributed by atoms with E-state index in [0.717, 1.165) is 13.0 Å². The van der Waals surface area contributed by atoms with Crippen LogP contribution in [0.2, 0.25) is 0 Å². The molecular formula is C20H22N2O6. The Hall–Kier alpha value is -3.52. The van der Waals surface area contributed by atoms with Crippen LogP contribution in [0.15, 0.2) is 54.6 Å². The number of carbonyl (C=O) groups is 4. The third-order valence-corrected chi connectivity index (χ3v) is 3.45. The lowest BCUT2D eigenvalue weighted by atomic mass is 10.1. The zero-order valence-electron chi connectivity index (χ0n) is 15.3. The summed E-state index contributed by atoms with van der Waals surface area (Å²) in [6.07, 6.45) is 0.883. The maximum atomic E-state index is 11.8. The van der Waals surface area contributed by atoms with E-state index in [-0.39, 0.29) is 18.2 Å². The Morgan fingerprint density at radius 1 is 0.893 bits per heavy atom. The molecule has 0 aliphatic heterocycles. The Morgan fingerprint density at radius 2 is 1.54 bits per heavy atom. The summed E-state index contributed by atoms with van der Waals surface area (Å²) < 4.78 is 0. The second-order valence-corrected chi connectivity index (χ2v) is 5.71. The highest BCUT2D eigenvalue weighted by Gasteiger charge is 2.05. The molecule has 0 unspecified atom stereocenters. The van der Waals surface area contributed by atoms with Crippen LogP contribution in [0.5, 0.6) is 0 Å². The van der Waals surface area contributed by atoms with Gasteiger partial charge in [0.1, 0.15) is 0 Å². The number of nitrogens with one attached hydrogen (secondary N) is 2. The van der Waals surface area contributed by atoms with Crippen molar-refractivity contribution >= 4 is 29.3 Å². The molecule has 2 rings (SSSR count). The molecule has 148 valence electrons. The number of hydrogen-bond donors (Lipinski definition) is 4. The lowest BCUT2D eigenvalue weighted by Gasteiger charge is -2.08. The molecule has 0 aromatic heterocycles. The summed E-state index contributed by atoms with van der Waals surface area (Å²) in [5, 5.41) is 20.7. The van der Waals surface area contributed by atoms with Gasteiger partial charge in [-0.15, -0.1) is 0 Å². The third kappa shape index (κ3) is 9.25. The summed E-state index contributed by atoms with van der Waals surface area (Å²) in [5.74, 6) is -3.78. The van der Waals surface area contributed by atoms with Crippen LogP contribution in [0.25, 0.3) is 0 Å². The number of ketones is 1. The van der Waals surface area contributed by atoms with Gasteiger partial charge in [-0.1, -0.05) is 42.5 Å². The molecule has 0 aliphatic carbocycles. The maximum absolute atomic E-state index is 11.8. The Morgan fingerprint density at radius 3 is 2.11 bits per heavy atom. The number of rotatable bonds is 7. The average molecular weight is 386 g/mol. The fraction of sp³-hybridized carbons (Fsp3) is 0.200. The Balaban J connectivity index is 0.000000568. The molecule has 0 bridgehead atoms. The summed E-state index contributed by atoms with van der Waals surface area (Å²) in [6, 6.07) is 17.1. The summed E-state index contributed by atoms with van der Waals surface area (Å²) in [4.78, 5) is 41.3. The van der Waals surface area contributed by atoms with Crippen LogP contribution < -0.4 is 10.6 Å². The van der Waals surface area contributed by atoms with E-state index in [1.54, 1.807) is 24.3 Å². The number of carboxylic acid groups (broad SMARTS) is 2. The number of amides is 1. The molecule has 0 spiro atoms. The van der Waals surface area contributed by atoms with Crippen LogP contribution in [0.4, 0.5) is 5.69 Å². The number of Topliss-reactive ketones (excluding diaryl/α,β-unsaturated/α-hetero) is 1. The van der Waals surface area contributed by atoms with Crippen molar-refractivity contribution in [3.8, 4) is 0 Å². The van der Waals surface area contributed by atoms with Gasteiger partial charge in [-0.2, -0.15) is 0 Å². The standard InChI is InChI=1S/C18H20N2O2.C2H2O4/c1-14(21)16-8-5-9-17(12-16)20-18(22)13-19-11-10-15-6-3-2-4-7-15;3-1(4)2(5)6/h2-9,12,19H,10-11,13H2,1H3,(H,20,22);(H,3,4)(H,5,6). The quantitative estimate of drug-likeness (QED) is 0.324. The molecule has 8 nitrogen and oxygen atoms in total. The molecular weight excluding hydrogens is 364 g/mol. The molecule has 0 radical (unpaired) electrons. The predicted molar refractivity (Wildman–Crippen MR) is 103 cm³/mol. The second-order valence-electron chi connectivity index (χ2n) is 5.71. The Bertz CT molecular complexity index is 808. The van der Waals surface area contributed by atoms with Crippen molar-refractivity contribution in [3.05, 3.63) is 65.7 Å². The summed E-state index contributed by atoms with van der Waals surface area (Å²) in [6.45, 7) is 2.49. The van der Waals surface area contributed by atoms with Gasteiger partial charge < -0.3 is 20.8 Å². The first-order valence-corrected chi connectivity index (χ1v) is 8.41. The Labute approximate surface area is 162 Å². The SMILES string of the molecule is CC(=O)c1cccc(NC(=O)CNCCc2ccccc2)c1.O=C(O)C(=O)O. The highest BCUT2D eigenvalue weighted by atomic mass is 16.4. The van der Waals surface area contributed by atoms with Gasteiger partial charge in [0, 0.05) is 11.3 Å². The first-order valence-electron chi connectivity index (χ1n) is 8.41. The zero-order chi connectivity index (χ0) is 20.9. The van der Waals surface area contributed by atoms with Gasteiger partial charge in [0.15, 0.2) is 5.78 Å². The van der Waals surface area contributed by atoms with Crippen molar-refractivity contribution in [3.63, 3.8) is 0 Å². The highest BCUT2D eigenvalue weighted by molar-refractivity contribution is 6.27. The number of carbonyl (C=O) groups excluding carboxylic acids is 2. The molecule has 0 saturated heterocycles. The molecule has 1 amide bonds. The predicted octanol–water partition coefficient (Wildman–Crippen LogP) is 1.82. The molecule has 2 aromatic rings. The van der Waals surface area contributed by atoms with Crippen LogP contribution in [0.1, 0.15) is 22.8 Å². The van der Waals surface area contributed by atoms with E-state index in [1.807, 2.05) is 18.2 Å². The van der Waals surface area contributed by atoms with E-state index >= 15 is 0 Å². The number of carboxylic acids is 2. The van der Waals surface area contributed by atoms with Crippen molar-refractivity contribution < 1.29 is 29.4 Å².